The molecule has 2 aliphatic heterocycles. The number of nitrogens with one attached hydrogen (secondary N) is 2. The van der Waals surface area contributed by atoms with Crippen molar-refractivity contribution in [2.24, 2.45) is 5.16 Å². The van der Waals surface area contributed by atoms with Gasteiger partial charge < -0.3 is 24.9 Å². The number of amides is 2. The number of hydrogen-bond donors (Lipinski definition) is 2. The molecule has 0 saturated carbocycles. The number of carbonyl (C=O) groups is 3. The number of methoxy groups -OCH3 is 1. The molecule has 0 unspecified atom stereocenters. The molecule has 0 radical (unpaired) electrons. The molecule has 3 heterocycles. The molecule has 0 bridgehead atoms. The smallest absolute Gasteiger partial charge is 0.355 e. The standard InChI is InChI=1S/C41H36ClN5O6S2/c1-51-31-20-18-26(19-21-31)23-53-39(50)35-27(22-42)24-54-38-34(37(49)47(35)38)44-36(48)33(46-52-2)32-25-55-40(43-32)45-41(28-12-6-3-7-13-28,29-14-8-4-9-15-29)30-16-10-5-11-17-30/h3-21,25,34,38H,22-24H2,1-2H3,(H,43,45)(H,44,48)/t34-,38+/m1/s1. The Bertz CT molecular complexity index is 2120. The summed E-state index contributed by atoms with van der Waals surface area (Å²) in [5.41, 5.74) is 3.68. The number of oxime groups is 1. The lowest BCUT2D eigenvalue weighted by Crippen LogP contribution is -2.71. The summed E-state index contributed by atoms with van der Waals surface area (Å²) in [6.45, 7) is -0.00755. The van der Waals surface area contributed by atoms with Crippen molar-refractivity contribution in [2.45, 2.75) is 23.6 Å². The molecule has 2 N–H and O–H groups in total. The fourth-order valence-corrected chi connectivity index (χ4v) is 9.03. The monoisotopic (exact) mass is 793 g/mol. The number of fused-ring (bicyclic) bond motifs is 1. The first kappa shape index (κ1) is 37.7. The Morgan fingerprint density at radius 2 is 1.51 bits per heavy atom. The minimum Gasteiger partial charge on any atom is -0.497 e. The zero-order chi connectivity index (χ0) is 38.4. The number of ether oxygens (including phenoxy) is 2. The molecule has 2 aliphatic rings. The van der Waals surface area contributed by atoms with Crippen LogP contribution in [0.15, 0.2) is 137 Å². The van der Waals surface area contributed by atoms with Crippen molar-refractivity contribution < 1.29 is 28.7 Å². The molecule has 4 aromatic carbocycles. The van der Waals surface area contributed by atoms with E-state index in [0.717, 1.165) is 22.3 Å². The molecule has 2 amide bonds. The van der Waals surface area contributed by atoms with Crippen LogP contribution in [0, 0.1) is 0 Å². The van der Waals surface area contributed by atoms with Crippen molar-refractivity contribution in [3.8, 4) is 5.75 Å². The number of halogens is 1. The van der Waals surface area contributed by atoms with Crippen molar-refractivity contribution in [3.63, 3.8) is 0 Å². The first-order valence-electron chi connectivity index (χ1n) is 17.2. The molecule has 0 spiro atoms. The van der Waals surface area contributed by atoms with Gasteiger partial charge in [0.05, 0.1) is 7.11 Å². The van der Waals surface area contributed by atoms with Crippen LogP contribution in [0.4, 0.5) is 5.13 Å². The minimum atomic E-state index is -0.945. The van der Waals surface area contributed by atoms with Crippen LogP contribution in [-0.4, -0.2) is 70.6 Å². The van der Waals surface area contributed by atoms with Crippen molar-refractivity contribution in [1.29, 1.82) is 0 Å². The van der Waals surface area contributed by atoms with E-state index in [1.54, 1.807) is 36.8 Å². The predicted octanol–water partition coefficient (Wildman–Crippen LogP) is 6.54. The van der Waals surface area contributed by atoms with Gasteiger partial charge in [0.1, 0.15) is 47.8 Å². The third-order valence-electron chi connectivity index (χ3n) is 9.28. The van der Waals surface area contributed by atoms with Crippen LogP contribution in [0.25, 0.3) is 0 Å². The van der Waals surface area contributed by atoms with Gasteiger partial charge >= 0.3 is 5.97 Å². The number of thiazole rings is 1. The van der Waals surface area contributed by atoms with E-state index in [0.29, 0.717) is 22.2 Å². The van der Waals surface area contributed by atoms with Gasteiger partial charge in [-0.25, -0.2) is 9.78 Å². The second-order valence-electron chi connectivity index (χ2n) is 12.5. The highest BCUT2D eigenvalue weighted by atomic mass is 35.5. The largest absolute Gasteiger partial charge is 0.497 e. The molecular formula is C41H36ClN5O6S2. The Labute approximate surface area is 331 Å². The molecule has 1 fully saturated rings. The number of rotatable bonds is 14. The number of thioether (sulfide) groups is 1. The molecule has 280 valence electrons. The topological polar surface area (TPSA) is 131 Å². The number of β-lactam (4-membered cyclic amide) rings is 1. The Kier molecular flexibility index (Phi) is 11.5. The maximum atomic E-state index is 13.9. The summed E-state index contributed by atoms with van der Waals surface area (Å²) in [6.07, 6.45) is 0. The maximum absolute atomic E-state index is 13.9. The van der Waals surface area contributed by atoms with E-state index in [-0.39, 0.29) is 29.6 Å². The molecule has 5 aromatic rings. The van der Waals surface area contributed by atoms with Gasteiger partial charge in [0.25, 0.3) is 11.8 Å². The third kappa shape index (κ3) is 7.55. The number of nitrogens with zero attached hydrogens (tertiary/aromatic N) is 3. The van der Waals surface area contributed by atoms with E-state index in [4.69, 9.17) is 30.9 Å². The summed E-state index contributed by atoms with van der Waals surface area (Å²) in [7, 11) is 2.90. The molecular weight excluding hydrogens is 758 g/mol. The average Bonchev–Trinajstić information content (AvgIpc) is 3.71. The summed E-state index contributed by atoms with van der Waals surface area (Å²) in [5, 5.41) is 12.2. The number of alkyl halides is 1. The summed E-state index contributed by atoms with van der Waals surface area (Å²) in [5.74, 6) is -0.706. The highest BCUT2D eigenvalue weighted by molar-refractivity contribution is 8.00. The molecule has 14 heteroatoms. The normalized spacial score (nSPS) is 16.8. The highest BCUT2D eigenvalue weighted by Gasteiger charge is 2.54. The SMILES string of the molecule is CON=C(C(=O)N[C@@H]1C(=O)N2C(C(=O)OCc3ccc(OC)cc3)=C(CCl)CS[C@@H]12)c1csc(NC(c2ccccc2)(c2ccccc2)c2ccccc2)n1. The van der Waals surface area contributed by atoms with Crippen LogP contribution >= 0.6 is 34.7 Å². The molecule has 0 aliphatic carbocycles. The quantitative estimate of drug-likeness (QED) is 0.0321. The van der Waals surface area contributed by atoms with Gasteiger partial charge in [0.15, 0.2) is 10.8 Å². The molecule has 2 atom stereocenters. The zero-order valence-corrected chi connectivity index (χ0v) is 32.2. The lowest BCUT2D eigenvalue weighted by molar-refractivity contribution is -0.153. The van der Waals surface area contributed by atoms with Crippen LogP contribution in [0.3, 0.4) is 0 Å². The van der Waals surface area contributed by atoms with Crippen LogP contribution < -0.4 is 15.4 Å². The van der Waals surface area contributed by atoms with E-state index in [1.807, 2.05) is 54.6 Å². The fraction of sp³-hybridized carbons (Fsp3) is 0.195. The lowest BCUT2D eigenvalue weighted by atomic mass is 9.77. The minimum absolute atomic E-state index is 0.00755. The third-order valence-corrected chi connectivity index (χ3v) is 11.7. The lowest BCUT2D eigenvalue weighted by Gasteiger charge is -2.49. The van der Waals surface area contributed by atoms with Crippen molar-refractivity contribution in [2.75, 3.05) is 31.2 Å². The number of esters is 1. The van der Waals surface area contributed by atoms with E-state index in [1.165, 1.54) is 35.1 Å². The van der Waals surface area contributed by atoms with E-state index in [9.17, 15) is 14.4 Å². The average molecular weight is 794 g/mol. The van der Waals surface area contributed by atoms with Gasteiger partial charge in [0.2, 0.25) is 0 Å². The van der Waals surface area contributed by atoms with Crippen LogP contribution in [0.5, 0.6) is 5.75 Å². The Hall–Kier alpha value is -5.63. The first-order chi connectivity index (χ1) is 26.9. The maximum Gasteiger partial charge on any atom is 0.355 e. The Balaban J connectivity index is 1.10. The zero-order valence-electron chi connectivity index (χ0n) is 29.8. The molecule has 1 saturated heterocycles. The number of aromatic nitrogens is 1. The summed E-state index contributed by atoms with van der Waals surface area (Å²) in [4.78, 5) is 52.1. The van der Waals surface area contributed by atoms with Crippen molar-refractivity contribution in [3.05, 3.63) is 160 Å². The summed E-state index contributed by atoms with van der Waals surface area (Å²) in [6, 6.07) is 36.4. The van der Waals surface area contributed by atoms with Gasteiger partial charge in [-0.05, 0) is 40.0 Å². The van der Waals surface area contributed by atoms with Crippen LogP contribution in [-0.2, 0) is 36.1 Å². The number of carbonyl (C=O) groups excluding carboxylic acids is 3. The number of benzene rings is 4. The van der Waals surface area contributed by atoms with Gasteiger partial charge in [-0.15, -0.1) is 34.7 Å². The predicted molar refractivity (Wildman–Crippen MR) is 214 cm³/mol. The second-order valence-corrected chi connectivity index (χ2v) is 14.7. The molecule has 55 heavy (non-hydrogen) atoms. The summed E-state index contributed by atoms with van der Waals surface area (Å²) < 4.78 is 10.8. The fourth-order valence-electron chi connectivity index (χ4n) is 6.60. The second kappa shape index (κ2) is 16.8. The summed E-state index contributed by atoms with van der Waals surface area (Å²) >= 11 is 8.93. The molecule has 11 nitrogen and oxygen atoms in total. The van der Waals surface area contributed by atoms with E-state index < -0.39 is 34.7 Å². The van der Waals surface area contributed by atoms with Crippen LogP contribution in [0.2, 0.25) is 0 Å². The number of hydrogen-bond acceptors (Lipinski definition) is 11. The van der Waals surface area contributed by atoms with E-state index in [2.05, 4.69) is 52.2 Å². The van der Waals surface area contributed by atoms with Gasteiger partial charge in [-0.3, -0.25) is 14.5 Å². The molecule has 1 aromatic heterocycles. The highest BCUT2D eigenvalue weighted by Crippen LogP contribution is 2.42. The number of anilines is 1. The van der Waals surface area contributed by atoms with E-state index >= 15 is 0 Å². The van der Waals surface area contributed by atoms with Gasteiger partial charge in [-0.2, -0.15) is 0 Å². The van der Waals surface area contributed by atoms with Crippen LogP contribution in [0.1, 0.15) is 27.9 Å². The van der Waals surface area contributed by atoms with Crippen molar-refractivity contribution in [1.82, 2.24) is 15.2 Å². The molecule has 7 rings (SSSR count). The Morgan fingerprint density at radius 1 is 0.909 bits per heavy atom. The van der Waals surface area contributed by atoms with Gasteiger partial charge in [0, 0.05) is 17.0 Å². The van der Waals surface area contributed by atoms with Gasteiger partial charge in [-0.1, -0.05) is 108 Å². The Morgan fingerprint density at radius 3 is 2.05 bits per heavy atom. The van der Waals surface area contributed by atoms with Crippen molar-refractivity contribution >= 4 is 63.3 Å². The first-order valence-corrected chi connectivity index (χ1v) is 19.7.